The van der Waals surface area contributed by atoms with Crippen molar-refractivity contribution in [2.24, 2.45) is 11.3 Å². The SMILES string of the molecule is CC(C)(C)C1C(CBr)CCN1C(=O)O. The predicted octanol–water partition coefficient (Wildman–Crippen LogP) is 2.80. The Kier molecular flexibility index (Phi) is 3.45. The summed E-state index contributed by atoms with van der Waals surface area (Å²) >= 11 is 3.47. The number of alkyl halides is 1. The molecule has 14 heavy (non-hydrogen) atoms. The number of likely N-dealkylation sites (tertiary alicyclic amines) is 1. The van der Waals surface area contributed by atoms with Gasteiger partial charge in [0.25, 0.3) is 0 Å². The van der Waals surface area contributed by atoms with E-state index >= 15 is 0 Å². The molecular weight excluding hydrogens is 246 g/mol. The molecule has 1 rings (SSSR count). The summed E-state index contributed by atoms with van der Waals surface area (Å²) in [6.07, 6.45) is 0.188. The second kappa shape index (κ2) is 4.09. The van der Waals surface area contributed by atoms with Crippen LogP contribution in [0.4, 0.5) is 4.79 Å². The molecule has 1 amide bonds. The fourth-order valence-corrected chi connectivity index (χ4v) is 3.08. The molecule has 0 spiro atoms. The van der Waals surface area contributed by atoms with E-state index in [1.54, 1.807) is 4.90 Å². The van der Waals surface area contributed by atoms with Gasteiger partial charge in [-0.05, 0) is 17.8 Å². The van der Waals surface area contributed by atoms with E-state index in [4.69, 9.17) is 5.11 Å². The minimum Gasteiger partial charge on any atom is -0.465 e. The van der Waals surface area contributed by atoms with Crippen LogP contribution in [0.3, 0.4) is 0 Å². The lowest BCUT2D eigenvalue weighted by Gasteiger charge is -2.36. The van der Waals surface area contributed by atoms with E-state index in [-0.39, 0.29) is 11.5 Å². The Labute approximate surface area is 93.6 Å². The molecule has 1 aliphatic heterocycles. The molecule has 0 aliphatic carbocycles. The van der Waals surface area contributed by atoms with Gasteiger partial charge in [-0.3, -0.25) is 0 Å². The van der Waals surface area contributed by atoms with Crippen molar-refractivity contribution < 1.29 is 9.90 Å². The predicted molar refractivity (Wildman–Crippen MR) is 59.9 cm³/mol. The highest BCUT2D eigenvalue weighted by atomic mass is 79.9. The van der Waals surface area contributed by atoms with E-state index in [0.29, 0.717) is 12.5 Å². The normalized spacial score (nSPS) is 28.1. The number of amides is 1. The van der Waals surface area contributed by atoms with Gasteiger partial charge in [0.15, 0.2) is 0 Å². The van der Waals surface area contributed by atoms with Gasteiger partial charge in [0.2, 0.25) is 0 Å². The number of carbonyl (C=O) groups is 1. The zero-order chi connectivity index (χ0) is 10.9. The van der Waals surface area contributed by atoms with Crippen LogP contribution in [0.1, 0.15) is 27.2 Å². The summed E-state index contributed by atoms with van der Waals surface area (Å²) in [5.41, 5.74) is 0.0212. The van der Waals surface area contributed by atoms with Gasteiger partial charge in [-0.25, -0.2) is 4.79 Å². The Morgan fingerprint density at radius 2 is 2.14 bits per heavy atom. The molecule has 1 heterocycles. The second-order valence-corrected chi connectivity index (χ2v) is 5.64. The third kappa shape index (κ3) is 2.22. The molecule has 1 N–H and O–H groups in total. The van der Waals surface area contributed by atoms with E-state index in [2.05, 4.69) is 36.7 Å². The van der Waals surface area contributed by atoms with E-state index in [1.165, 1.54) is 0 Å². The van der Waals surface area contributed by atoms with Crippen molar-refractivity contribution in [1.82, 2.24) is 4.90 Å². The van der Waals surface area contributed by atoms with Crippen LogP contribution in [0.15, 0.2) is 0 Å². The smallest absolute Gasteiger partial charge is 0.407 e. The Morgan fingerprint density at radius 1 is 1.57 bits per heavy atom. The highest BCUT2D eigenvalue weighted by Crippen LogP contribution is 2.37. The first-order valence-electron chi connectivity index (χ1n) is 4.93. The second-order valence-electron chi connectivity index (χ2n) is 4.99. The number of halogens is 1. The third-order valence-electron chi connectivity index (χ3n) is 2.85. The average molecular weight is 264 g/mol. The fourth-order valence-electron chi connectivity index (χ4n) is 2.41. The minimum atomic E-state index is -0.784. The molecule has 4 heteroatoms. The molecule has 1 saturated heterocycles. The maximum atomic E-state index is 11.0. The molecule has 0 radical (unpaired) electrons. The van der Waals surface area contributed by atoms with Crippen LogP contribution < -0.4 is 0 Å². The highest BCUT2D eigenvalue weighted by molar-refractivity contribution is 9.09. The van der Waals surface area contributed by atoms with Crippen molar-refractivity contribution in [3.63, 3.8) is 0 Å². The Bertz CT molecular complexity index is 225. The van der Waals surface area contributed by atoms with E-state index in [0.717, 1.165) is 11.8 Å². The number of hydrogen-bond acceptors (Lipinski definition) is 1. The molecule has 2 atom stereocenters. The van der Waals surface area contributed by atoms with Crippen LogP contribution in [-0.4, -0.2) is 34.0 Å². The lowest BCUT2D eigenvalue weighted by atomic mass is 9.80. The molecule has 2 unspecified atom stereocenters. The molecule has 0 aromatic carbocycles. The first-order valence-corrected chi connectivity index (χ1v) is 6.05. The van der Waals surface area contributed by atoms with Crippen LogP contribution in [0.2, 0.25) is 0 Å². The Hall–Kier alpha value is -0.250. The van der Waals surface area contributed by atoms with Crippen LogP contribution in [-0.2, 0) is 0 Å². The van der Waals surface area contributed by atoms with E-state index in [9.17, 15) is 4.79 Å². The summed E-state index contributed by atoms with van der Waals surface area (Å²) in [4.78, 5) is 12.6. The molecule has 3 nitrogen and oxygen atoms in total. The van der Waals surface area contributed by atoms with Gasteiger partial charge in [-0.1, -0.05) is 36.7 Å². The molecule has 0 saturated carbocycles. The molecular formula is C10H18BrNO2. The first-order chi connectivity index (χ1) is 6.38. The Morgan fingerprint density at radius 3 is 2.50 bits per heavy atom. The molecule has 1 aliphatic rings. The van der Waals surface area contributed by atoms with Crippen molar-refractivity contribution in [1.29, 1.82) is 0 Å². The van der Waals surface area contributed by atoms with Gasteiger partial charge in [-0.15, -0.1) is 0 Å². The van der Waals surface area contributed by atoms with Crippen molar-refractivity contribution in [3.05, 3.63) is 0 Å². The first kappa shape index (κ1) is 11.8. The lowest BCUT2D eigenvalue weighted by Crippen LogP contribution is -2.45. The van der Waals surface area contributed by atoms with Crippen molar-refractivity contribution in [2.75, 3.05) is 11.9 Å². The number of rotatable bonds is 1. The topological polar surface area (TPSA) is 40.5 Å². The van der Waals surface area contributed by atoms with Crippen LogP contribution in [0.25, 0.3) is 0 Å². The van der Waals surface area contributed by atoms with Gasteiger partial charge in [0.05, 0.1) is 0 Å². The van der Waals surface area contributed by atoms with Crippen LogP contribution in [0.5, 0.6) is 0 Å². The zero-order valence-electron chi connectivity index (χ0n) is 8.96. The van der Waals surface area contributed by atoms with Gasteiger partial charge >= 0.3 is 6.09 Å². The summed E-state index contributed by atoms with van der Waals surface area (Å²) < 4.78 is 0. The minimum absolute atomic E-state index is 0.0212. The standard InChI is InChI=1S/C10H18BrNO2/c1-10(2,3)8-7(6-11)4-5-12(8)9(13)14/h7-8H,4-6H2,1-3H3,(H,13,14). The lowest BCUT2D eigenvalue weighted by molar-refractivity contribution is 0.0948. The number of nitrogens with zero attached hydrogens (tertiary/aromatic N) is 1. The van der Waals surface area contributed by atoms with Crippen LogP contribution >= 0.6 is 15.9 Å². The monoisotopic (exact) mass is 263 g/mol. The summed E-state index contributed by atoms with van der Waals surface area (Å²) in [6.45, 7) is 6.99. The molecule has 82 valence electrons. The molecule has 0 bridgehead atoms. The Balaban J connectivity index is 2.86. The number of hydrogen-bond donors (Lipinski definition) is 1. The van der Waals surface area contributed by atoms with Crippen LogP contribution in [0, 0.1) is 11.3 Å². The maximum absolute atomic E-state index is 11.0. The molecule has 1 fully saturated rings. The quantitative estimate of drug-likeness (QED) is 0.740. The van der Waals surface area contributed by atoms with Crippen molar-refractivity contribution >= 4 is 22.0 Å². The summed E-state index contributed by atoms with van der Waals surface area (Å²) in [7, 11) is 0. The summed E-state index contributed by atoms with van der Waals surface area (Å²) in [5.74, 6) is 0.450. The highest BCUT2D eigenvalue weighted by Gasteiger charge is 2.43. The maximum Gasteiger partial charge on any atom is 0.407 e. The van der Waals surface area contributed by atoms with E-state index in [1.807, 2.05) is 0 Å². The van der Waals surface area contributed by atoms with Crippen molar-refractivity contribution in [2.45, 2.75) is 33.2 Å². The summed E-state index contributed by atoms with van der Waals surface area (Å²) in [6, 6.07) is 0.138. The van der Waals surface area contributed by atoms with Gasteiger partial charge in [0.1, 0.15) is 0 Å². The molecule has 0 aromatic heterocycles. The largest absolute Gasteiger partial charge is 0.465 e. The van der Waals surface area contributed by atoms with E-state index < -0.39 is 6.09 Å². The average Bonchev–Trinajstić information content (AvgIpc) is 2.45. The summed E-state index contributed by atoms with van der Waals surface area (Å²) in [5, 5.41) is 9.96. The fraction of sp³-hybridized carbons (Fsp3) is 0.900. The number of carboxylic acid groups (broad SMARTS) is 1. The van der Waals surface area contributed by atoms with Gasteiger partial charge < -0.3 is 10.0 Å². The zero-order valence-corrected chi connectivity index (χ0v) is 10.5. The third-order valence-corrected chi connectivity index (χ3v) is 3.69. The molecule has 0 aromatic rings. The van der Waals surface area contributed by atoms with Gasteiger partial charge in [0, 0.05) is 17.9 Å². The van der Waals surface area contributed by atoms with Crippen molar-refractivity contribution in [3.8, 4) is 0 Å². The van der Waals surface area contributed by atoms with Gasteiger partial charge in [-0.2, -0.15) is 0 Å².